The standard InChI is InChI=1S/C19H18N2O5S/c1-23-15-7-4-12(10-17(15)24-2)14-6-9-18(21-20-14)27-11-13-5-8-16(26-13)19(22)25-3/h4-10H,11H2,1-3H3. The molecule has 3 rings (SSSR count). The van der Waals surface area contributed by atoms with Crippen LogP contribution in [0.1, 0.15) is 16.3 Å². The molecule has 0 atom stereocenters. The van der Waals surface area contributed by atoms with Crippen molar-refractivity contribution in [2.75, 3.05) is 21.3 Å². The maximum absolute atomic E-state index is 11.4. The van der Waals surface area contributed by atoms with Crippen LogP contribution in [0.15, 0.2) is 51.9 Å². The van der Waals surface area contributed by atoms with Crippen LogP contribution < -0.4 is 9.47 Å². The first-order valence-electron chi connectivity index (χ1n) is 8.00. The highest BCUT2D eigenvalue weighted by Gasteiger charge is 2.12. The zero-order valence-electron chi connectivity index (χ0n) is 15.1. The molecule has 0 N–H and O–H groups in total. The topological polar surface area (TPSA) is 83.7 Å². The Morgan fingerprint density at radius 2 is 1.81 bits per heavy atom. The predicted octanol–water partition coefficient (Wildman–Crippen LogP) is 3.83. The fraction of sp³-hybridized carbons (Fsp3) is 0.211. The molecule has 0 amide bonds. The van der Waals surface area contributed by atoms with Crippen molar-refractivity contribution in [2.45, 2.75) is 10.8 Å². The Labute approximate surface area is 160 Å². The number of thioether (sulfide) groups is 1. The van der Waals surface area contributed by atoms with E-state index in [9.17, 15) is 4.79 Å². The molecule has 0 saturated heterocycles. The number of ether oxygens (including phenoxy) is 3. The Bertz CT molecular complexity index is 924. The van der Waals surface area contributed by atoms with Crippen molar-refractivity contribution < 1.29 is 23.4 Å². The summed E-state index contributed by atoms with van der Waals surface area (Å²) in [6.07, 6.45) is 0. The number of esters is 1. The third kappa shape index (κ3) is 4.40. The number of benzene rings is 1. The van der Waals surface area contributed by atoms with Crippen LogP contribution in [-0.4, -0.2) is 37.5 Å². The lowest BCUT2D eigenvalue weighted by Gasteiger charge is -2.09. The molecule has 2 heterocycles. The molecule has 8 heteroatoms. The van der Waals surface area contributed by atoms with Gasteiger partial charge in [-0.25, -0.2) is 4.79 Å². The summed E-state index contributed by atoms with van der Waals surface area (Å²) in [7, 11) is 4.50. The molecule has 1 aromatic carbocycles. The van der Waals surface area contributed by atoms with Crippen LogP contribution in [-0.2, 0) is 10.5 Å². The highest BCUT2D eigenvalue weighted by atomic mass is 32.2. The van der Waals surface area contributed by atoms with Gasteiger partial charge < -0.3 is 18.6 Å². The van der Waals surface area contributed by atoms with E-state index in [1.807, 2.05) is 30.3 Å². The largest absolute Gasteiger partial charge is 0.493 e. The summed E-state index contributed by atoms with van der Waals surface area (Å²) in [5.41, 5.74) is 1.61. The van der Waals surface area contributed by atoms with Crippen LogP contribution in [0.2, 0.25) is 0 Å². The van der Waals surface area contributed by atoms with E-state index in [1.54, 1.807) is 26.4 Å². The number of carbonyl (C=O) groups excluding carboxylic acids is 1. The number of furan rings is 1. The van der Waals surface area contributed by atoms with Gasteiger partial charge in [-0.15, -0.1) is 10.2 Å². The normalized spacial score (nSPS) is 10.5. The van der Waals surface area contributed by atoms with Gasteiger partial charge in [-0.3, -0.25) is 0 Å². The molecular formula is C19H18N2O5S. The second-order valence-corrected chi connectivity index (χ2v) is 6.37. The SMILES string of the molecule is COC(=O)c1ccc(CSc2ccc(-c3ccc(OC)c(OC)c3)nn2)o1. The van der Waals surface area contributed by atoms with E-state index >= 15 is 0 Å². The molecule has 3 aromatic rings. The first-order chi connectivity index (χ1) is 13.1. The third-order valence-electron chi connectivity index (χ3n) is 3.73. The van der Waals surface area contributed by atoms with Crippen LogP contribution in [0, 0.1) is 0 Å². The summed E-state index contributed by atoms with van der Waals surface area (Å²) in [6.45, 7) is 0. The van der Waals surface area contributed by atoms with Crippen molar-refractivity contribution in [3.8, 4) is 22.8 Å². The summed E-state index contributed by atoms with van der Waals surface area (Å²) in [5, 5.41) is 9.25. The first kappa shape index (κ1) is 18.8. The minimum atomic E-state index is -0.495. The van der Waals surface area contributed by atoms with E-state index < -0.39 is 5.97 Å². The summed E-state index contributed by atoms with van der Waals surface area (Å²) in [4.78, 5) is 11.4. The molecule has 0 radical (unpaired) electrons. The van der Waals surface area contributed by atoms with E-state index in [0.29, 0.717) is 23.0 Å². The Balaban J connectivity index is 1.67. The van der Waals surface area contributed by atoms with E-state index in [-0.39, 0.29) is 5.76 Å². The van der Waals surface area contributed by atoms with Crippen molar-refractivity contribution in [3.05, 3.63) is 54.0 Å². The van der Waals surface area contributed by atoms with Crippen LogP contribution in [0.4, 0.5) is 0 Å². The zero-order chi connectivity index (χ0) is 19.2. The summed E-state index contributed by atoms with van der Waals surface area (Å²) >= 11 is 1.46. The van der Waals surface area contributed by atoms with E-state index in [2.05, 4.69) is 14.9 Å². The highest BCUT2D eigenvalue weighted by Crippen LogP contribution is 2.32. The maximum atomic E-state index is 11.4. The van der Waals surface area contributed by atoms with Crippen molar-refractivity contribution in [1.82, 2.24) is 10.2 Å². The van der Waals surface area contributed by atoms with Gasteiger partial charge >= 0.3 is 5.97 Å². The number of carbonyl (C=O) groups is 1. The molecule has 0 fully saturated rings. The number of hydrogen-bond donors (Lipinski definition) is 0. The number of hydrogen-bond acceptors (Lipinski definition) is 8. The molecule has 0 aliphatic carbocycles. The molecular weight excluding hydrogens is 368 g/mol. The lowest BCUT2D eigenvalue weighted by molar-refractivity contribution is 0.0563. The van der Waals surface area contributed by atoms with Crippen LogP contribution in [0.25, 0.3) is 11.3 Å². The average molecular weight is 386 g/mol. The van der Waals surface area contributed by atoms with Crippen LogP contribution >= 0.6 is 11.8 Å². The summed E-state index contributed by atoms with van der Waals surface area (Å²) in [5.74, 6) is 2.17. The Morgan fingerprint density at radius 3 is 2.48 bits per heavy atom. The van der Waals surface area contributed by atoms with Crippen molar-refractivity contribution in [3.63, 3.8) is 0 Å². The highest BCUT2D eigenvalue weighted by molar-refractivity contribution is 7.98. The number of nitrogens with zero attached hydrogens (tertiary/aromatic N) is 2. The van der Waals surface area contributed by atoms with Crippen LogP contribution in [0.5, 0.6) is 11.5 Å². The Hall–Kier alpha value is -3.00. The van der Waals surface area contributed by atoms with Crippen molar-refractivity contribution in [2.24, 2.45) is 0 Å². The van der Waals surface area contributed by atoms with Crippen molar-refractivity contribution >= 4 is 17.7 Å². The molecule has 140 valence electrons. The average Bonchev–Trinajstić information content (AvgIpc) is 3.20. The lowest BCUT2D eigenvalue weighted by Crippen LogP contribution is -1.98. The van der Waals surface area contributed by atoms with Gasteiger partial charge in [0.2, 0.25) is 5.76 Å². The zero-order valence-corrected chi connectivity index (χ0v) is 15.9. The van der Waals surface area contributed by atoms with Gasteiger partial charge in [-0.05, 0) is 42.5 Å². The van der Waals surface area contributed by atoms with Gasteiger partial charge in [0.15, 0.2) is 11.5 Å². The van der Waals surface area contributed by atoms with Gasteiger partial charge in [-0.2, -0.15) is 0 Å². The van der Waals surface area contributed by atoms with E-state index in [0.717, 1.165) is 16.3 Å². The minimum absolute atomic E-state index is 0.183. The summed E-state index contributed by atoms with van der Waals surface area (Å²) in [6, 6.07) is 12.7. The predicted molar refractivity (Wildman–Crippen MR) is 100 cm³/mol. The second kappa shape index (κ2) is 8.59. The smallest absolute Gasteiger partial charge is 0.373 e. The van der Waals surface area contributed by atoms with Gasteiger partial charge in [0.1, 0.15) is 10.8 Å². The molecule has 0 unspecified atom stereocenters. The minimum Gasteiger partial charge on any atom is -0.493 e. The van der Waals surface area contributed by atoms with E-state index in [1.165, 1.54) is 18.9 Å². The van der Waals surface area contributed by atoms with Gasteiger partial charge in [0, 0.05) is 5.56 Å². The van der Waals surface area contributed by atoms with Crippen LogP contribution in [0.3, 0.4) is 0 Å². The number of rotatable bonds is 7. The monoisotopic (exact) mass is 386 g/mol. The van der Waals surface area contributed by atoms with Gasteiger partial charge in [0.05, 0.1) is 32.8 Å². The molecule has 0 bridgehead atoms. The molecule has 0 spiro atoms. The van der Waals surface area contributed by atoms with Crippen molar-refractivity contribution in [1.29, 1.82) is 0 Å². The fourth-order valence-corrected chi connectivity index (χ4v) is 3.07. The Morgan fingerprint density at radius 1 is 1.00 bits per heavy atom. The molecule has 27 heavy (non-hydrogen) atoms. The first-order valence-corrected chi connectivity index (χ1v) is 8.99. The maximum Gasteiger partial charge on any atom is 0.373 e. The molecule has 2 aromatic heterocycles. The quantitative estimate of drug-likeness (QED) is 0.447. The number of aromatic nitrogens is 2. The third-order valence-corrected chi connectivity index (χ3v) is 4.67. The fourth-order valence-electron chi connectivity index (χ4n) is 2.36. The summed E-state index contributed by atoms with van der Waals surface area (Å²) < 4.78 is 20.6. The molecule has 7 nitrogen and oxygen atoms in total. The number of methoxy groups -OCH3 is 3. The lowest BCUT2D eigenvalue weighted by atomic mass is 10.1. The Kier molecular flexibility index (Phi) is 5.97. The molecule has 0 aliphatic rings. The second-order valence-electron chi connectivity index (χ2n) is 5.37. The molecule has 0 saturated carbocycles. The van der Waals surface area contributed by atoms with Gasteiger partial charge in [-0.1, -0.05) is 11.8 Å². The van der Waals surface area contributed by atoms with Gasteiger partial charge in [0.25, 0.3) is 0 Å². The van der Waals surface area contributed by atoms with E-state index in [4.69, 9.17) is 13.9 Å². The molecule has 0 aliphatic heterocycles.